The maximum absolute atomic E-state index is 9.94. The van der Waals surface area contributed by atoms with Crippen LogP contribution in [0.3, 0.4) is 0 Å². The van der Waals surface area contributed by atoms with E-state index in [4.69, 9.17) is 28.4 Å². The Morgan fingerprint density at radius 2 is 1.67 bits per heavy atom. The van der Waals surface area contributed by atoms with Gasteiger partial charge in [0.25, 0.3) is 0 Å². The monoisotopic (exact) mass is 585 g/mol. The van der Waals surface area contributed by atoms with Crippen LogP contribution in [0, 0.1) is 5.92 Å². The second-order valence-electron chi connectivity index (χ2n) is 11.8. The molecule has 8 heteroatoms. The smallest absolute Gasteiger partial charge is 0.142 e. The molecule has 1 heterocycles. The summed E-state index contributed by atoms with van der Waals surface area (Å²) >= 11 is 0. The molecular weight excluding hydrogens is 534 g/mol. The van der Waals surface area contributed by atoms with E-state index in [9.17, 15) is 5.11 Å². The molecule has 1 N–H and O–H groups in total. The number of anilines is 1. The molecule has 1 fully saturated rings. The molecule has 4 rings (SSSR count). The van der Waals surface area contributed by atoms with Crippen LogP contribution in [0.4, 0.5) is 5.69 Å². The van der Waals surface area contributed by atoms with E-state index in [1.54, 1.807) is 21.1 Å². The lowest BCUT2D eigenvalue weighted by atomic mass is 9.79. The van der Waals surface area contributed by atoms with Gasteiger partial charge in [-0.05, 0) is 61.4 Å². The number of hydrogen-bond donors (Lipinski definition) is 1. The van der Waals surface area contributed by atoms with Crippen LogP contribution in [-0.2, 0) is 36.9 Å². The van der Waals surface area contributed by atoms with Gasteiger partial charge in [-0.25, -0.2) is 0 Å². The van der Waals surface area contributed by atoms with E-state index < -0.39 is 6.10 Å². The summed E-state index contributed by atoms with van der Waals surface area (Å²) < 4.78 is 35.3. The number of aliphatic hydroxyl groups is 1. The van der Waals surface area contributed by atoms with Crippen molar-refractivity contribution in [2.24, 2.45) is 5.92 Å². The van der Waals surface area contributed by atoms with Crippen molar-refractivity contribution in [3.63, 3.8) is 0 Å². The summed E-state index contributed by atoms with van der Waals surface area (Å²) in [5.74, 6) is 1.38. The van der Waals surface area contributed by atoms with Crippen LogP contribution < -0.4 is 9.64 Å². The van der Waals surface area contributed by atoms with Gasteiger partial charge in [0.05, 0.1) is 63.6 Å². The van der Waals surface area contributed by atoms with Gasteiger partial charge in [-0.15, -0.1) is 0 Å². The Morgan fingerprint density at radius 3 is 2.40 bits per heavy atom. The van der Waals surface area contributed by atoms with E-state index in [2.05, 4.69) is 54.3 Å². The molecular formula is C34H51NO7. The molecule has 0 radical (unpaired) electrons. The minimum Gasteiger partial charge on any atom is -0.490 e. The third-order valence-electron chi connectivity index (χ3n) is 8.04. The van der Waals surface area contributed by atoms with Gasteiger partial charge in [-0.2, -0.15) is 0 Å². The summed E-state index contributed by atoms with van der Waals surface area (Å²) in [6.07, 6.45) is 3.43. The van der Waals surface area contributed by atoms with E-state index in [0.717, 1.165) is 67.9 Å². The van der Waals surface area contributed by atoms with Crippen LogP contribution >= 0.6 is 0 Å². The molecule has 8 nitrogen and oxygen atoms in total. The quantitative estimate of drug-likeness (QED) is 0.249. The number of methoxy groups -OCH3 is 2. The van der Waals surface area contributed by atoms with E-state index >= 15 is 0 Å². The minimum atomic E-state index is -0.503. The van der Waals surface area contributed by atoms with Crippen molar-refractivity contribution in [3.8, 4) is 5.75 Å². The van der Waals surface area contributed by atoms with Crippen molar-refractivity contribution in [2.45, 2.75) is 77.0 Å². The van der Waals surface area contributed by atoms with E-state index in [-0.39, 0.29) is 18.1 Å². The van der Waals surface area contributed by atoms with Gasteiger partial charge in [0.2, 0.25) is 0 Å². The molecule has 1 aliphatic carbocycles. The van der Waals surface area contributed by atoms with Crippen molar-refractivity contribution < 1.29 is 33.5 Å². The predicted octanol–water partition coefficient (Wildman–Crippen LogP) is 5.34. The highest BCUT2D eigenvalue weighted by Gasteiger charge is 2.36. The van der Waals surface area contributed by atoms with Crippen molar-refractivity contribution >= 4 is 5.69 Å². The molecule has 2 aromatic rings. The highest BCUT2D eigenvalue weighted by Crippen LogP contribution is 2.39. The summed E-state index contributed by atoms with van der Waals surface area (Å²) in [6, 6.07) is 15.1. The molecule has 2 aliphatic rings. The summed E-state index contributed by atoms with van der Waals surface area (Å²) in [7, 11) is 3.47. The number of rotatable bonds is 17. The molecule has 2 aromatic carbocycles. The van der Waals surface area contributed by atoms with Crippen LogP contribution in [0.25, 0.3) is 0 Å². The summed E-state index contributed by atoms with van der Waals surface area (Å²) in [5.41, 5.74) is 4.61. The van der Waals surface area contributed by atoms with Gasteiger partial charge < -0.3 is 38.4 Å². The molecule has 0 spiro atoms. The number of fused-ring (bicyclic) bond motifs is 1. The minimum absolute atomic E-state index is 0.0106. The fourth-order valence-electron chi connectivity index (χ4n) is 5.98. The second-order valence-corrected chi connectivity index (χ2v) is 11.8. The number of aliphatic hydroxyl groups excluding tert-OH is 1. The van der Waals surface area contributed by atoms with E-state index in [0.29, 0.717) is 45.6 Å². The van der Waals surface area contributed by atoms with Crippen molar-refractivity contribution in [2.75, 3.05) is 65.2 Å². The lowest BCUT2D eigenvalue weighted by molar-refractivity contribution is -0.0835. The summed E-state index contributed by atoms with van der Waals surface area (Å²) in [5, 5.41) is 9.94. The van der Waals surface area contributed by atoms with Crippen molar-refractivity contribution in [1.82, 2.24) is 0 Å². The first-order valence-electron chi connectivity index (χ1n) is 15.5. The lowest BCUT2D eigenvalue weighted by Crippen LogP contribution is -2.38. The SMILES string of the molecule is COCCCN1CCOc2ccc(CO[C@H]3CCC[C@@H](OC[C@@H](C)O)[C@@H]3c3ccc(COC[C@@H](C)COC)cc3)cc21. The average Bonchev–Trinajstić information content (AvgIpc) is 2.99. The highest BCUT2D eigenvalue weighted by molar-refractivity contribution is 5.61. The first kappa shape index (κ1) is 32.7. The molecule has 1 aliphatic heterocycles. The van der Waals surface area contributed by atoms with Gasteiger partial charge in [-0.3, -0.25) is 0 Å². The Bertz CT molecular complexity index is 1050. The predicted molar refractivity (Wildman–Crippen MR) is 164 cm³/mol. The van der Waals surface area contributed by atoms with Crippen LogP contribution in [0.1, 0.15) is 62.1 Å². The largest absolute Gasteiger partial charge is 0.490 e. The zero-order valence-corrected chi connectivity index (χ0v) is 26.0. The maximum Gasteiger partial charge on any atom is 0.142 e. The van der Waals surface area contributed by atoms with Crippen LogP contribution in [0.2, 0.25) is 0 Å². The van der Waals surface area contributed by atoms with Gasteiger partial charge in [0.1, 0.15) is 12.4 Å². The topological polar surface area (TPSA) is 78.9 Å². The van der Waals surface area contributed by atoms with E-state index in [1.165, 1.54) is 5.56 Å². The fourth-order valence-corrected chi connectivity index (χ4v) is 5.98. The normalized spacial score (nSPS) is 21.9. The molecule has 234 valence electrons. The Balaban J connectivity index is 1.44. The van der Waals surface area contributed by atoms with Crippen LogP contribution in [-0.4, -0.2) is 83.8 Å². The third-order valence-corrected chi connectivity index (χ3v) is 8.04. The molecule has 1 saturated carbocycles. The highest BCUT2D eigenvalue weighted by atomic mass is 16.5. The average molecular weight is 586 g/mol. The zero-order valence-electron chi connectivity index (χ0n) is 26.0. The molecule has 0 bridgehead atoms. The van der Waals surface area contributed by atoms with Crippen LogP contribution in [0.15, 0.2) is 42.5 Å². The first-order chi connectivity index (χ1) is 20.5. The molecule has 0 amide bonds. The Kier molecular flexibility index (Phi) is 13.4. The number of ether oxygens (including phenoxy) is 6. The Morgan fingerprint density at radius 1 is 0.905 bits per heavy atom. The van der Waals surface area contributed by atoms with E-state index in [1.807, 2.05) is 0 Å². The van der Waals surface area contributed by atoms with Gasteiger partial charge in [0.15, 0.2) is 0 Å². The molecule has 0 aromatic heterocycles. The second kappa shape index (κ2) is 17.2. The summed E-state index contributed by atoms with van der Waals surface area (Å²) in [4.78, 5) is 2.38. The molecule has 0 saturated heterocycles. The maximum atomic E-state index is 9.94. The van der Waals surface area contributed by atoms with Gasteiger partial charge >= 0.3 is 0 Å². The number of hydrogen-bond acceptors (Lipinski definition) is 8. The number of benzene rings is 2. The first-order valence-corrected chi connectivity index (χ1v) is 15.5. The number of nitrogens with zero attached hydrogens (tertiary/aromatic N) is 1. The lowest BCUT2D eigenvalue weighted by Gasteiger charge is -2.38. The zero-order chi connectivity index (χ0) is 29.7. The fraction of sp³-hybridized carbons (Fsp3) is 0.647. The van der Waals surface area contributed by atoms with Gasteiger partial charge in [0, 0.05) is 39.2 Å². The Labute approximate surface area is 252 Å². The van der Waals surface area contributed by atoms with Crippen LogP contribution in [0.5, 0.6) is 5.75 Å². The Hall–Kier alpha value is -2.20. The molecule has 42 heavy (non-hydrogen) atoms. The van der Waals surface area contributed by atoms with Crippen molar-refractivity contribution in [3.05, 3.63) is 59.2 Å². The third kappa shape index (κ3) is 9.66. The summed E-state index contributed by atoms with van der Waals surface area (Å²) in [6.45, 7) is 9.95. The standard InChI is InChI=1S/C34H51NO7/c1-25(20-38-4)21-39-23-27-9-12-29(13-10-27)34-32(41-22-26(2)36)7-5-8-33(34)42-24-28-11-14-31-30(19-28)35(16-18-40-31)15-6-17-37-3/h9-14,19,25-26,32-34,36H,5-8,15-18,20-24H2,1-4H3/t25-,26+,32+,33-,34-/m0/s1. The van der Waals surface area contributed by atoms with Crippen molar-refractivity contribution in [1.29, 1.82) is 0 Å². The molecule has 0 unspecified atom stereocenters. The van der Waals surface area contributed by atoms with Gasteiger partial charge in [-0.1, -0.05) is 37.3 Å². The molecule has 5 atom stereocenters.